The Morgan fingerprint density at radius 1 is 1.64 bits per heavy atom. The second-order valence-corrected chi connectivity index (χ2v) is 3.48. The van der Waals surface area contributed by atoms with Crippen molar-refractivity contribution >= 4 is 0 Å². The minimum Gasteiger partial charge on any atom is -0.268 e. The molecule has 1 aliphatic heterocycles. The van der Waals surface area contributed by atoms with Crippen LogP contribution in [0.3, 0.4) is 0 Å². The average molecular weight is 157 g/mol. The SMILES string of the molecule is CC1C2N=NN(CCF)[C@@]12C. The van der Waals surface area contributed by atoms with Gasteiger partial charge in [0.25, 0.3) is 0 Å². The van der Waals surface area contributed by atoms with Crippen LogP contribution in [-0.4, -0.2) is 29.8 Å². The third kappa shape index (κ3) is 0.671. The monoisotopic (exact) mass is 157 g/mol. The van der Waals surface area contributed by atoms with Gasteiger partial charge in [-0.1, -0.05) is 12.1 Å². The Bertz CT molecular complexity index is 206. The van der Waals surface area contributed by atoms with Crippen molar-refractivity contribution in [2.45, 2.75) is 25.4 Å². The summed E-state index contributed by atoms with van der Waals surface area (Å²) in [5, 5.41) is 9.72. The molecule has 1 aliphatic carbocycles. The molecular formula is C7H12FN3. The van der Waals surface area contributed by atoms with E-state index in [1.54, 1.807) is 5.01 Å². The van der Waals surface area contributed by atoms with Crippen LogP contribution in [0, 0.1) is 5.92 Å². The summed E-state index contributed by atoms with van der Waals surface area (Å²) >= 11 is 0. The molecule has 1 saturated carbocycles. The van der Waals surface area contributed by atoms with Crippen molar-refractivity contribution in [3.63, 3.8) is 0 Å². The molecule has 3 nitrogen and oxygen atoms in total. The molecular weight excluding hydrogens is 145 g/mol. The zero-order chi connectivity index (χ0) is 8.06. The third-order valence-corrected chi connectivity index (χ3v) is 3.02. The third-order valence-electron chi connectivity index (χ3n) is 3.02. The Labute approximate surface area is 65.3 Å². The lowest BCUT2D eigenvalue weighted by atomic mass is 10.2. The maximum absolute atomic E-state index is 12.0. The lowest BCUT2D eigenvalue weighted by Gasteiger charge is -2.20. The van der Waals surface area contributed by atoms with Gasteiger partial charge in [0.2, 0.25) is 0 Å². The van der Waals surface area contributed by atoms with Crippen LogP contribution in [-0.2, 0) is 0 Å². The molecule has 1 fully saturated rings. The highest BCUT2D eigenvalue weighted by molar-refractivity contribution is 5.20. The van der Waals surface area contributed by atoms with Gasteiger partial charge in [-0.25, -0.2) is 4.39 Å². The number of halogens is 1. The van der Waals surface area contributed by atoms with Crippen LogP contribution >= 0.6 is 0 Å². The minimum atomic E-state index is -0.339. The summed E-state index contributed by atoms with van der Waals surface area (Å²) in [5.74, 6) is 0.548. The quantitative estimate of drug-likeness (QED) is 0.595. The van der Waals surface area contributed by atoms with Crippen LogP contribution < -0.4 is 0 Å². The van der Waals surface area contributed by atoms with Crippen molar-refractivity contribution in [1.82, 2.24) is 5.01 Å². The highest BCUT2D eigenvalue weighted by Gasteiger charge is 2.66. The molecule has 0 bridgehead atoms. The predicted octanol–water partition coefficient (Wildman–Crippen LogP) is 1.42. The lowest BCUT2D eigenvalue weighted by Crippen LogP contribution is -2.32. The minimum absolute atomic E-state index is 0.0477. The fourth-order valence-corrected chi connectivity index (χ4v) is 1.87. The van der Waals surface area contributed by atoms with Gasteiger partial charge in [0, 0.05) is 5.92 Å². The molecule has 0 aromatic carbocycles. The van der Waals surface area contributed by atoms with E-state index in [4.69, 9.17) is 0 Å². The maximum atomic E-state index is 12.0. The molecule has 0 saturated heterocycles. The molecule has 11 heavy (non-hydrogen) atoms. The van der Waals surface area contributed by atoms with Crippen molar-refractivity contribution in [2.75, 3.05) is 13.2 Å². The van der Waals surface area contributed by atoms with Gasteiger partial charge in [0.15, 0.2) is 0 Å². The van der Waals surface area contributed by atoms with E-state index in [1.165, 1.54) is 0 Å². The van der Waals surface area contributed by atoms with E-state index in [1.807, 2.05) is 0 Å². The summed E-state index contributed by atoms with van der Waals surface area (Å²) in [6.07, 6.45) is 0. The van der Waals surface area contributed by atoms with Crippen LogP contribution in [0.2, 0.25) is 0 Å². The van der Waals surface area contributed by atoms with E-state index in [-0.39, 0.29) is 12.2 Å². The Kier molecular flexibility index (Phi) is 1.23. The fourth-order valence-electron chi connectivity index (χ4n) is 1.87. The van der Waals surface area contributed by atoms with Gasteiger partial charge in [-0.3, -0.25) is 5.01 Å². The summed E-state index contributed by atoms with van der Waals surface area (Å²) < 4.78 is 12.0. The second kappa shape index (κ2) is 1.93. The van der Waals surface area contributed by atoms with Gasteiger partial charge in [0.1, 0.15) is 12.7 Å². The standard InChI is InChI=1S/C7H12FN3/c1-5-6-7(5,2)11(4-3-8)10-9-6/h5-6H,3-4H2,1-2H3/t5?,6?,7-/m0/s1. The lowest BCUT2D eigenvalue weighted by molar-refractivity contribution is 0.177. The Hall–Kier alpha value is -0.670. The van der Waals surface area contributed by atoms with Crippen molar-refractivity contribution < 1.29 is 4.39 Å². The molecule has 0 aromatic rings. The maximum Gasteiger partial charge on any atom is 0.109 e. The van der Waals surface area contributed by atoms with Gasteiger partial charge in [-0.2, -0.15) is 5.11 Å². The first kappa shape index (κ1) is 7.00. The number of rotatable bonds is 2. The van der Waals surface area contributed by atoms with Crippen molar-refractivity contribution in [1.29, 1.82) is 0 Å². The number of hydrogen-bond acceptors (Lipinski definition) is 3. The smallest absolute Gasteiger partial charge is 0.109 e. The first-order chi connectivity index (χ1) is 5.21. The van der Waals surface area contributed by atoms with Crippen molar-refractivity contribution in [3.8, 4) is 0 Å². The first-order valence-electron chi connectivity index (χ1n) is 3.95. The highest BCUT2D eigenvalue weighted by atomic mass is 19.1. The van der Waals surface area contributed by atoms with Crippen LogP contribution in [0.15, 0.2) is 10.3 Å². The fraction of sp³-hybridized carbons (Fsp3) is 1.00. The zero-order valence-electron chi connectivity index (χ0n) is 6.79. The molecule has 0 radical (unpaired) electrons. The van der Waals surface area contributed by atoms with Gasteiger partial charge in [0.05, 0.1) is 12.1 Å². The van der Waals surface area contributed by atoms with Gasteiger partial charge in [-0.05, 0) is 6.92 Å². The summed E-state index contributed by atoms with van der Waals surface area (Å²) in [6.45, 7) is 4.28. The normalized spacial score (nSPS) is 46.3. The number of hydrogen-bond donors (Lipinski definition) is 0. The van der Waals surface area contributed by atoms with E-state index in [9.17, 15) is 4.39 Å². The number of nitrogens with zero attached hydrogens (tertiary/aromatic N) is 3. The highest BCUT2D eigenvalue weighted by Crippen LogP contribution is 2.54. The largest absolute Gasteiger partial charge is 0.268 e. The molecule has 3 atom stereocenters. The Morgan fingerprint density at radius 2 is 2.36 bits per heavy atom. The molecule has 0 aromatic heterocycles. The summed E-state index contributed by atoms with van der Waals surface area (Å²) in [7, 11) is 0. The topological polar surface area (TPSA) is 28.0 Å². The molecule has 2 rings (SSSR count). The molecule has 0 N–H and O–H groups in total. The number of alkyl halides is 1. The molecule has 2 unspecified atom stereocenters. The average Bonchev–Trinajstić information content (AvgIpc) is 2.39. The van der Waals surface area contributed by atoms with Gasteiger partial charge >= 0.3 is 0 Å². The second-order valence-electron chi connectivity index (χ2n) is 3.48. The van der Waals surface area contributed by atoms with E-state index < -0.39 is 0 Å². The van der Waals surface area contributed by atoms with E-state index in [2.05, 4.69) is 24.2 Å². The summed E-state index contributed by atoms with van der Waals surface area (Å²) in [6, 6.07) is 0.328. The van der Waals surface area contributed by atoms with Crippen molar-refractivity contribution in [3.05, 3.63) is 0 Å². The van der Waals surface area contributed by atoms with Crippen molar-refractivity contribution in [2.24, 2.45) is 16.3 Å². The molecule has 0 amide bonds. The summed E-state index contributed by atoms with van der Waals surface area (Å²) in [5.41, 5.74) is 0.0477. The van der Waals surface area contributed by atoms with Crippen LogP contribution in [0.1, 0.15) is 13.8 Å². The molecule has 4 heteroatoms. The molecule has 0 spiro atoms. The first-order valence-corrected chi connectivity index (χ1v) is 3.95. The van der Waals surface area contributed by atoms with Crippen LogP contribution in [0.25, 0.3) is 0 Å². The van der Waals surface area contributed by atoms with E-state index >= 15 is 0 Å². The summed E-state index contributed by atoms with van der Waals surface area (Å²) in [4.78, 5) is 0. The molecule has 2 aliphatic rings. The van der Waals surface area contributed by atoms with Gasteiger partial charge in [-0.15, -0.1) is 0 Å². The van der Waals surface area contributed by atoms with Crippen LogP contribution in [0.4, 0.5) is 4.39 Å². The number of fused-ring (bicyclic) bond motifs is 1. The van der Waals surface area contributed by atoms with E-state index in [0.717, 1.165) is 0 Å². The van der Waals surface area contributed by atoms with Gasteiger partial charge < -0.3 is 0 Å². The zero-order valence-corrected chi connectivity index (χ0v) is 6.79. The van der Waals surface area contributed by atoms with E-state index in [0.29, 0.717) is 18.5 Å². The predicted molar refractivity (Wildman–Crippen MR) is 38.9 cm³/mol. The molecule has 1 heterocycles. The Morgan fingerprint density at radius 3 is 2.82 bits per heavy atom. The Balaban J connectivity index is 2.08. The molecule has 62 valence electrons. The van der Waals surface area contributed by atoms with Crippen LogP contribution in [0.5, 0.6) is 0 Å².